The van der Waals surface area contributed by atoms with E-state index in [4.69, 9.17) is 0 Å². The molecule has 1 saturated heterocycles. The number of hydrogen-bond donors (Lipinski definition) is 2. The minimum Gasteiger partial charge on any atom is -0.388 e. The van der Waals surface area contributed by atoms with E-state index in [1.165, 1.54) is 19.3 Å². The normalized spacial score (nSPS) is 28.7. The van der Waals surface area contributed by atoms with Crippen molar-refractivity contribution in [3.05, 3.63) is 0 Å². The second kappa shape index (κ2) is 5.37. The van der Waals surface area contributed by atoms with Gasteiger partial charge in [-0.25, -0.2) is 0 Å². The first-order chi connectivity index (χ1) is 8.22. The minimum absolute atomic E-state index is 0.477. The average Bonchev–Trinajstić information content (AvgIpc) is 2.30. The number of piperidine rings is 1. The van der Waals surface area contributed by atoms with Gasteiger partial charge in [-0.3, -0.25) is 0 Å². The number of nitrogens with zero attached hydrogens (tertiary/aromatic N) is 1. The highest BCUT2D eigenvalue weighted by Crippen LogP contribution is 2.46. The minimum atomic E-state index is -0.746. The van der Waals surface area contributed by atoms with Crippen LogP contribution < -0.4 is 5.32 Å². The van der Waals surface area contributed by atoms with Crippen LogP contribution in [0.15, 0.2) is 0 Å². The largest absolute Gasteiger partial charge is 0.388 e. The molecule has 0 aromatic carbocycles. The van der Waals surface area contributed by atoms with Gasteiger partial charge in [0.15, 0.2) is 0 Å². The fourth-order valence-electron chi connectivity index (χ4n) is 3.51. The van der Waals surface area contributed by atoms with Crippen LogP contribution in [-0.4, -0.2) is 23.8 Å². The first kappa shape index (κ1) is 12.9. The molecule has 2 rings (SSSR count). The Labute approximate surface area is 104 Å². The summed E-state index contributed by atoms with van der Waals surface area (Å²) in [5.74, 6) is 0. The summed E-state index contributed by atoms with van der Waals surface area (Å²) < 4.78 is 0. The molecule has 0 amide bonds. The van der Waals surface area contributed by atoms with Gasteiger partial charge in [0.05, 0.1) is 17.1 Å². The number of hydrogen-bond acceptors (Lipinski definition) is 3. The van der Waals surface area contributed by atoms with Gasteiger partial charge < -0.3 is 10.4 Å². The summed E-state index contributed by atoms with van der Waals surface area (Å²) >= 11 is 0. The molecule has 96 valence electrons. The lowest BCUT2D eigenvalue weighted by Crippen LogP contribution is -2.54. The maximum Gasteiger partial charge on any atom is 0.0861 e. The molecular formula is C14H24N2O. The molecule has 3 nitrogen and oxygen atoms in total. The highest BCUT2D eigenvalue weighted by atomic mass is 16.3. The molecule has 0 radical (unpaired) electrons. The van der Waals surface area contributed by atoms with E-state index in [-0.39, 0.29) is 0 Å². The second-order valence-electron chi connectivity index (χ2n) is 5.74. The summed E-state index contributed by atoms with van der Waals surface area (Å²) in [7, 11) is 0. The molecule has 1 heterocycles. The molecule has 0 spiro atoms. The highest BCUT2D eigenvalue weighted by Gasteiger charge is 2.50. The van der Waals surface area contributed by atoms with Crippen LogP contribution in [0.2, 0.25) is 0 Å². The van der Waals surface area contributed by atoms with Crippen molar-refractivity contribution >= 4 is 0 Å². The van der Waals surface area contributed by atoms with Crippen molar-refractivity contribution in [2.75, 3.05) is 13.1 Å². The standard InChI is InChI=1S/C14H24N2O/c15-12-13(6-4-2-1-3-5-7-13)14(17)8-10-16-11-9-14/h16-17H,1-11H2. The molecular weight excluding hydrogens is 212 g/mol. The van der Waals surface area contributed by atoms with Crippen LogP contribution in [0.5, 0.6) is 0 Å². The Balaban J connectivity index is 2.18. The average molecular weight is 236 g/mol. The highest BCUT2D eigenvalue weighted by molar-refractivity contribution is 5.12. The van der Waals surface area contributed by atoms with Crippen LogP contribution in [0.25, 0.3) is 0 Å². The fourth-order valence-corrected chi connectivity index (χ4v) is 3.51. The molecule has 2 fully saturated rings. The first-order valence-corrected chi connectivity index (χ1v) is 7.07. The van der Waals surface area contributed by atoms with Gasteiger partial charge in [-0.05, 0) is 38.8 Å². The van der Waals surface area contributed by atoms with Gasteiger partial charge in [0, 0.05) is 0 Å². The van der Waals surface area contributed by atoms with Crippen LogP contribution >= 0.6 is 0 Å². The van der Waals surface area contributed by atoms with Gasteiger partial charge in [-0.2, -0.15) is 5.26 Å². The van der Waals surface area contributed by atoms with E-state index < -0.39 is 11.0 Å². The van der Waals surface area contributed by atoms with Crippen molar-refractivity contribution in [3.63, 3.8) is 0 Å². The zero-order valence-corrected chi connectivity index (χ0v) is 10.7. The molecule has 3 heteroatoms. The van der Waals surface area contributed by atoms with Crippen LogP contribution in [-0.2, 0) is 0 Å². The maximum absolute atomic E-state index is 10.9. The van der Waals surface area contributed by atoms with Crippen molar-refractivity contribution < 1.29 is 5.11 Å². The lowest BCUT2D eigenvalue weighted by atomic mass is 9.62. The SMILES string of the molecule is N#CC1(C2(O)CCNCC2)CCCCCCC1. The van der Waals surface area contributed by atoms with Gasteiger partial charge in [0.2, 0.25) is 0 Å². The summed E-state index contributed by atoms with van der Waals surface area (Å²) in [5.41, 5.74) is -1.22. The summed E-state index contributed by atoms with van der Waals surface area (Å²) in [4.78, 5) is 0. The number of nitrogens with one attached hydrogen (secondary N) is 1. The molecule has 0 aromatic heterocycles. The molecule has 2 aliphatic rings. The van der Waals surface area contributed by atoms with Crippen LogP contribution in [0, 0.1) is 16.7 Å². The van der Waals surface area contributed by atoms with Crippen LogP contribution in [0.4, 0.5) is 0 Å². The first-order valence-electron chi connectivity index (χ1n) is 7.07. The molecule has 0 aromatic rings. The molecule has 1 saturated carbocycles. The molecule has 1 aliphatic heterocycles. The number of nitriles is 1. The smallest absolute Gasteiger partial charge is 0.0861 e. The molecule has 17 heavy (non-hydrogen) atoms. The molecule has 1 aliphatic carbocycles. The van der Waals surface area contributed by atoms with E-state index in [2.05, 4.69) is 11.4 Å². The zero-order chi connectivity index (χ0) is 12.2. The van der Waals surface area contributed by atoms with E-state index >= 15 is 0 Å². The number of aliphatic hydroxyl groups is 1. The summed E-state index contributed by atoms with van der Waals surface area (Å²) in [6.45, 7) is 1.69. The monoisotopic (exact) mass is 236 g/mol. The predicted molar refractivity (Wildman–Crippen MR) is 67.4 cm³/mol. The van der Waals surface area contributed by atoms with Crippen LogP contribution in [0.1, 0.15) is 57.8 Å². The van der Waals surface area contributed by atoms with Crippen LogP contribution in [0.3, 0.4) is 0 Å². The van der Waals surface area contributed by atoms with E-state index in [1.54, 1.807) is 0 Å². The third kappa shape index (κ3) is 2.48. The van der Waals surface area contributed by atoms with Crippen molar-refractivity contribution in [2.45, 2.75) is 63.4 Å². The Bertz CT molecular complexity index is 281. The van der Waals surface area contributed by atoms with E-state index in [9.17, 15) is 10.4 Å². The Kier molecular flexibility index (Phi) is 4.06. The van der Waals surface area contributed by atoms with E-state index in [0.717, 1.165) is 51.6 Å². The van der Waals surface area contributed by atoms with Crippen molar-refractivity contribution in [3.8, 4) is 6.07 Å². The van der Waals surface area contributed by atoms with Gasteiger partial charge in [-0.1, -0.05) is 32.1 Å². The van der Waals surface area contributed by atoms with E-state index in [1.807, 2.05) is 0 Å². The summed E-state index contributed by atoms with van der Waals surface area (Å²) in [6.07, 6.45) is 9.19. The van der Waals surface area contributed by atoms with Crippen molar-refractivity contribution in [1.29, 1.82) is 5.26 Å². The Morgan fingerprint density at radius 2 is 1.41 bits per heavy atom. The van der Waals surface area contributed by atoms with Gasteiger partial charge in [-0.15, -0.1) is 0 Å². The summed E-state index contributed by atoms with van der Waals surface area (Å²) in [5, 5.41) is 23.8. The Morgan fingerprint density at radius 1 is 0.882 bits per heavy atom. The van der Waals surface area contributed by atoms with E-state index in [0.29, 0.717) is 0 Å². The third-order valence-electron chi connectivity index (χ3n) is 4.74. The predicted octanol–water partition coefficient (Wildman–Crippen LogP) is 2.36. The Morgan fingerprint density at radius 3 is 1.94 bits per heavy atom. The van der Waals surface area contributed by atoms with Crippen molar-refractivity contribution in [1.82, 2.24) is 5.32 Å². The van der Waals surface area contributed by atoms with Gasteiger partial charge in [0.25, 0.3) is 0 Å². The maximum atomic E-state index is 10.9. The number of rotatable bonds is 1. The quantitative estimate of drug-likeness (QED) is 0.735. The van der Waals surface area contributed by atoms with Crippen molar-refractivity contribution in [2.24, 2.45) is 5.41 Å². The molecule has 2 N–H and O–H groups in total. The Hall–Kier alpha value is -0.590. The fraction of sp³-hybridized carbons (Fsp3) is 0.929. The van der Waals surface area contributed by atoms with Gasteiger partial charge in [0.1, 0.15) is 0 Å². The lowest BCUT2D eigenvalue weighted by molar-refractivity contribution is -0.0881. The summed E-state index contributed by atoms with van der Waals surface area (Å²) in [6, 6.07) is 2.52. The topological polar surface area (TPSA) is 56.0 Å². The third-order valence-corrected chi connectivity index (χ3v) is 4.74. The zero-order valence-electron chi connectivity index (χ0n) is 10.7. The molecule has 0 unspecified atom stereocenters. The lowest BCUT2D eigenvalue weighted by Gasteiger charge is -2.46. The second-order valence-corrected chi connectivity index (χ2v) is 5.74. The van der Waals surface area contributed by atoms with Gasteiger partial charge >= 0.3 is 0 Å². The molecule has 0 bridgehead atoms. The molecule has 0 atom stereocenters.